The van der Waals surface area contributed by atoms with Gasteiger partial charge in [0.15, 0.2) is 0 Å². The molecule has 21 aromatic carbocycles. The first-order chi connectivity index (χ1) is 70.8. The number of hydrogen-bond donors (Lipinski definition) is 0. The van der Waals surface area contributed by atoms with E-state index in [0.717, 1.165) is 0 Å². The topological polar surface area (TPSA) is 0 Å². The summed E-state index contributed by atoms with van der Waals surface area (Å²) >= 11 is 0. The Morgan fingerprint density at radius 1 is 0.115 bits per heavy atom. The average Bonchev–Trinajstić information content (AvgIpc) is 1.51. The largest absolute Gasteiger partial charge is 0.0714 e. The van der Waals surface area contributed by atoms with Crippen molar-refractivity contribution in [2.75, 3.05) is 0 Å². The molecule has 3 aliphatic rings. The summed E-state index contributed by atoms with van der Waals surface area (Å²) in [5.41, 5.74) is 70.8. The van der Waals surface area contributed by atoms with Crippen molar-refractivity contribution in [3.05, 3.63) is 530 Å². The van der Waals surface area contributed by atoms with E-state index in [0.29, 0.717) is 0 Å². The zero-order chi connectivity index (χ0) is 103. The van der Waals surface area contributed by atoms with Crippen LogP contribution in [0, 0.1) is 152 Å². The van der Waals surface area contributed by atoms with Crippen LogP contribution in [0.4, 0.5) is 0 Å². The molecule has 21 aromatic rings. The monoisotopic (exact) mass is 1910 g/mol. The molecule has 1 atom stereocenters. The molecule has 0 aromatic heterocycles. The first-order valence-corrected chi connectivity index (χ1v) is 53.1. The number of hydrogen-bond acceptors (Lipinski definition) is 0. The fraction of sp³-hybridized carbons (Fsp3) is 0.189. The maximum absolute atomic E-state index is 2.54. The molecule has 0 saturated heterocycles. The highest BCUT2D eigenvalue weighted by atomic mass is 14.5. The molecule has 0 amide bonds. The van der Waals surface area contributed by atoms with Crippen molar-refractivity contribution in [3.8, 4) is 134 Å². The molecule has 0 heteroatoms. The summed E-state index contributed by atoms with van der Waals surface area (Å²) < 4.78 is 0. The second-order valence-corrected chi connectivity index (χ2v) is 45.6. The molecule has 0 radical (unpaired) electrons. The molecule has 3 aliphatic carbocycles. The third-order valence-electron chi connectivity index (χ3n) is 32.3. The van der Waals surface area contributed by atoms with Gasteiger partial charge in [-0.15, -0.1) is 0 Å². The van der Waals surface area contributed by atoms with E-state index in [2.05, 4.69) is 531 Å². The zero-order valence-electron chi connectivity index (χ0n) is 91.1. The molecule has 0 aliphatic heterocycles. The van der Waals surface area contributed by atoms with Crippen molar-refractivity contribution in [2.45, 2.75) is 189 Å². The minimum Gasteiger partial charge on any atom is -0.0587 e. The Balaban J connectivity index is 0.000000127. The Bertz CT molecular complexity index is 8900. The van der Waals surface area contributed by atoms with Crippen LogP contribution in [0.15, 0.2) is 358 Å². The predicted octanol–water partition coefficient (Wildman–Crippen LogP) is 40.3. The second kappa shape index (κ2) is 37.4. The molecule has 1 unspecified atom stereocenters. The summed E-state index contributed by atoms with van der Waals surface area (Å²) in [5.74, 6) is 0. The summed E-state index contributed by atoms with van der Waals surface area (Å²) in [7, 11) is 0. The molecule has 0 nitrogen and oxygen atoms in total. The first-order valence-electron chi connectivity index (χ1n) is 53.1. The lowest BCUT2D eigenvalue weighted by Gasteiger charge is -2.35. The molecular formula is C148H134. The van der Waals surface area contributed by atoms with Crippen LogP contribution in [0.2, 0.25) is 0 Å². The maximum Gasteiger partial charge on any atom is 0.0714 e. The van der Waals surface area contributed by atoms with Gasteiger partial charge in [0.2, 0.25) is 0 Å². The number of rotatable bonds is 12. The van der Waals surface area contributed by atoms with E-state index in [-0.39, 0.29) is 10.8 Å². The van der Waals surface area contributed by atoms with Crippen LogP contribution in [0.5, 0.6) is 0 Å². The molecule has 0 N–H and O–H groups in total. The van der Waals surface area contributed by atoms with Gasteiger partial charge in [-0.1, -0.05) is 423 Å². The lowest BCUT2D eigenvalue weighted by atomic mass is 9.66. The Morgan fingerprint density at radius 3 is 0.649 bits per heavy atom. The Kier molecular flexibility index (Phi) is 24.6. The van der Waals surface area contributed by atoms with Crippen LogP contribution in [-0.2, 0) is 16.2 Å². The predicted molar refractivity (Wildman–Crippen MR) is 637 cm³/mol. The van der Waals surface area contributed by atoms with E-state index >= 15 is 0 Å². The molecule has 24 rings (SSSR count). The summed E-state index contributed by atoms with van der Waals surface area (Å²) in [6, 6.07) is 139. The van der Waals surface area contributed by atoms with Crippen LogP contribution < -0.4 is 0 Å². The van der Waals surface area contributed by atoms with Crippen molar-refractivity contribution in [2.24, 2.45) is 0 Å². The van der Waals surface area contributed by atoms with Gasteiger partial charge in [-0.3, -0.25) is 0 Å². The van der Waals surface area contributed by atoms with E-state index in [9.17, 15) is 0 Å². The van der Waals surface area contributed by atoms with Crippen LogP contribution >= 0.6 is 0 Å². The Morgan fingerprint density at radius 2 is 0.318 bits per heavy atom. The molecule has 0 fully saturated rings. The molecule has 726 valence electrons. The van der Waals surface area contributed by atoms with Crippen molar-refractivity contribution in [1.82, 2.24) is 0 Å². The zero-order valence-corrected chi connectivity index (χ0v) is 91.1. The third kappa shape index (κ3) is 17.6. The van der Waals surface area contributed by atoms with E-state index in [1.807, 2.05) is 0 Å². The third-order valence-corrected chi connectivity index (χ3v) is 32.3. The van der Waals surface area contributed by atoms with Crippen LogP contribution in [0.25, 0.3) is 166 Å². The lowest BCUT2D eigenvalue weighted by Crippen LogP contribution is -2.29. The maximum atomic E-state index is 2.54. The van der Waals surface area contributed by atoms with E-state index < -0.39 is 5.41 Å². The Labute approximate surface area is 879 Å². The first kappa shape index (κ1) is 97.1. The van der Waals surface area contributed by atoms with Crippen molar-refractivity contribution in [1.29, 1.82) is 0 Å². The SMILES string of the molecule is Cc1cc(C)cc(-c2cc(-c3ccc4c(c3)C(C)(c3cc(C)cc(C)c3)c3cc(C)ccc3-4)cc3c(-c4cc(C)cc(C)c4)cc(C)cc23)c1.Cc1cc(C)cc(-c2cc(-c3ccc4c(c3)C(c3cc(C)cc(C)c3)(c3cc(C)cc(C)c3)c3cc(C)ccc3-4)cc3c(-c4cc(C)cc(C)c4)cc(C)cc23)c1.Cc1ccc(-c2cc(-c3ccc4c(c3)C(C)(C)c3cc(C)ccc3-4)cc3c(-c4ccc(C)cc4)cc(C)cc23)cc1. The highest BCUT2D eigenvalue weighted by Crippen LogP contribution is 2.60. The number of benzene rings is 21. The van der Waals surface area contributed by atoms with Gasteiger partial charge in [0.25, 0.3) is 0 Å². The van der Waals surface area contributed by atoms with Gasteiger partial charge in [-0.2, -0.15) is 0 Å². The minimum atomic E-state index is -0.491. The highest BCUT2D eigenvalue weighted by molar-refractivity contribution is 6.11. The summed E-state index contributed by atoms with van der Waals surface area (Å²) in [5, 5.41) is 7.78. The fourth-order valence-corrected chi connectivity index (χ4v) is 26.0. The Hall–Kier alpha value is -15.6. The van der Waals surface area contributed by atoms with Crippen molar-refractivity contribution >= 4 is 32.3 Å². The lowest BCUT2D eigenvalue weighted by molar-refractivity contribution is 0.660. The van der Waals surface area contributed by atoms with E-state index in [4.69, 9.17) is 0 Å². The average molecular weight is 1910 g/mol. The molecule has 0 bridgehead atoms. The molecule has 0 spiro atoms. The van der Waals surface area contributed by atoms with Crippen LogP contribution in [0.3, 0.4) is 0 Å². The second-order valence-electron chi connectivity index (χ2n) is 45.6. The van der Waals surface area contributed by atoms with Gasteiger partial charge in [0, 0.05) is 10.8 Å². The summed E-state index contributed by atoms with van der Waals surface area (Å²) in [6.07, 6.45) is 0. The fourth-order valence-electron chi connectivity index (χ4n) is 26.0. The van der Waals surface area contributed by atoms with Crippen LogP contribution in [0.1, 0.15) is 193 Å². The summed E-state index contributed by atoms with van der Waals surface area (Å²) in [4.78, 5) is 0. The number of fused-ring (bicyclic) bond motifs is 12. The van der Waals surface area contributed by atoms with Gasteiger partial charge < -0.3 is 0 Å². The van der Waals surface area contributed by atoms with E-state index in [1.165, 1.54) is 338 Å². The van der Waals surface area contributed by atoms with Crippen molar-refractivity contribution < 1.29 is 0 Å². The van der Waals surface area contributed by atoms with Gasteiger partial charge in [0.1, 0.15) is 0 Å². The van der Waals surface area contributed by atoms with E-state index in [1.54, 1.807) is 0 Å². The smallest absolute Gasteiger partial charge is 0.0587 e. The van der Waals surface area contributed by atoms with Crippen LogP contribution in [-0.4, -0.2) is 0 Å². The van der Waals surface area contributed by atoms with Gasteiger partial charge in [-0.25, -0.2) is 0 Å². The normalized spacial score (nSPS) is 13.7. The van der Waals surface area contributed by atoms with Crippen molar-refractivity contribution in [3.63, 3.8) is 0 Å². The van der Waals surface area contributed by atoms with Gasteiger partial charge in [0.05, 0.1) is 5.41 Å². The molecular weight excluding hydrogens is 1780 g/mol. The van der Waals surface area contributed by atoms with Gasteiger partial charge in [-0.05, 0) is 446 Å². The molecule has 148 heavy (non-hydrogen) atoms. The number of aryl methyl sites for hydroxylation is 22. The summed E-state index contributed by atoms with van der Waals surface area (Å²) in [6.45, 7) is 55.9. The van der Waals surface area contributed by atoms with Gasteiger partial charge >= 0.3 is 0 Å². The highest BCUT2D eigenvalue weighted by Gasteiger charge is 2.48. The quantitative estimate of drug-likeness (QED) is 0.114. The standard InChI is InChI=1S/C57H52.C50H46.C41H36/c1-33-11-13-49-50-14-12-43(32-56(50)57(55(49)29-33,47-23-38(6)17-39(7)24-47)48-25-40(8)18-41(9)26-48)44-30-52(46-21-36(4)16-37(5)22-46)53-28-42(10)27-51(54(53)31-44)45-19-34(2)15-35(3)20-45;1-29-10-12-42-43-13-11-37(28-49(43)50(9,48(42)25-29)41-21-34(6)16-35(7)22-41)38-26-45(40-19-32(4)15-33(5)20-40)46-24-36(8)23-44(47(46)27-38)39-17-30(2)14-31(3)18-39;1-25-7-12-29(13-8-25)35-19-28(4)20-37-36(30-14-9-26(2)10-15-30)22-32(23-38(35)37)31-16-18-34-33-17-11-27(3)21-39(33)41(5,6)40(34)24-31/h11-32H,1-10H3;10-28H,1-9H3;7-24H,1-6H3. The molecule has 0 heterocycles. The minimum absolute atomic E-state index is 0.0342. The molecule has 0 saturated carbocycles.